The summed E-state index contributed by atoms with van der Waals surface area (Å²) in [7, 11) is 1.45. The Hall–Kier alpha value is -0.960. The standard InChI is InChI=1S/C6H5ClO3/c1-9-5-3-2-4(10-5)6(7)8/h2-3H,1H3. The van der Waals surface area contributed by atoms with Crippen LogP contribution in [0.4, 0.5) is 0 Å². The third-order valence-electron chi connectivity index (χ3n) is 0.976. The molecule has 1 aromatic rings. The fraction of sp³-hybridized carbons (Fsp3) is 0.167. The number of carbonyl (C=O) groups excluding carboxylic acids is 1. The topological polar surface area (TPSA) is 39.4 Å². The van der Waals surface area contributed by atoms with Crippen LogP contribution in [0.3, 0.4) is 0 Å². The largest absolute Gasteiger partial charge is 0.468 e. The first-order valence-electron chi connectivity index (χ1n) is 2.57. The number of carbonyl (C=O) groups is 1. The summed E-state index contributed by atoms with van der Waals surface area (Å²) in [6.45, 7) is 0. The van der Waals surface area contributed by atoms with Crippen molar-refractivity contribution in [3.63, 3.8) is 0 Å². The molecule has 1 aromatic heterocycles. The molecule has 4 heteroatoms. The van der Waals surface area contributed by atoms with Crippen LogP contribution in [-0.2, 0) is 0 Å². The second kappa shape index (κ2) is 2.75. The highest BCUT2D eigenvalue weighted by atomic mass is 35.5. The van der Waals surface area contributed by atoms with Gasteiger partial charge in [0.2, 0.25) is 0 Å². The Kier molecular flexibility index (Phi) is 1.97. The van der Waals surface area contributed by atoms with Crippen LogP contribution in [0.25, 0.3) is 0 Å². The summed E-state index contributed by atoms with van der Waals surface area (Å²) < 4.78 is 9.46. The summed E-state index contributed by atoms with van der Waals surface area (Å²) in [6, 6.07) is 2.98. The minimum absolute atomic E-state index is 0.0958. The maximum atomic E-state index is 10.4. The van der Waals surface area contributed by atoms with Crippen molar-refractivity contribution < 1.29 is 13.9 Å². The van der Waals surface area contributed by atoms with Crippen LogP contribution < -0.4 is 4.74 Å². The van der Waals surface area contributed by atoms with Gasteiger partial charge >= 0.3 is 0 Å². The Balaban J connectivity index is 2.88. The van der Waals surface area contributed by atoms with E-state index in [0.29, 0.717) is 0 Å². The molecule has 10 heavy (non-hydrogen) atoms. The van der Waals surface area contributed by atoms with Gasteiger partial charge in [-0.3, -0.25) is 4.79 Å². The highest BCUT2D eigenvalue weighted by Crippen LogP contribution is 2.16. The predicted molar refractivity (Wildman–Crippen MR) is 35.4 cm³/mol. The van der Waals surface area contributed by atoms with Gasteiger partial charge in [-0.2, -0.15) is 0 Å². The van der Waals surface area contributed by atoms with Crippen molar-refractivity contribution in [1.82, 2.24) is 0 Å². The highest BCUT2D eigenvalue weighted by Gasteiger charge is 2.06. The first-order valence-corrected chi connectivity index (χ1v) is 2.95. The number of methoxy groups -OCH3 is 1. The molecule has 3 nitrogen and oxygen atoms in total. The second-order valence-electron chi connectivity index (χ2n) is 1.60. The van der Waals surface area contributed by atoms with E-state index in [0.717, 1.165) is 0 Å². The summed E-state index contributed by atoms with van der Waals surface area (Å²) >= 11 is 5.09. The molecule has 0 aliphatic carbocycles. The molecule has 0 aliphatic rings. The SMILES string of the molecule is COc1ccc(C(=O)Cl)o1. The summed E-state index contributed by atoms with van der Waals surface area (Å²) in [4.78, 5) is 10.4. The molecule has 0 amide bonds. The lowest BCUT2D eigenvalue weighted by atomic mass is 10.5. The second-order valence-corrected chi connectivity index (χ2v) is 1.94. The Labute approximate surface area is 62.5 Å². The lowest BCUT2D eigenvalue weighted by molar-refractivity contribution is 0.105. The average Bonchev–Trinajstić information content (AvgIpc) is 2.34. The van der Waals surface area contributed by atoms with Crippen molar-refractivity contribution in [2.24, 2.45) is 0 Å². The molecular weight excluding hydrogens is 156 g/mol. The van der Waals surface area contributed by atoms with E-state index in [9.17, 15) is 4.79 Å². The molecule has 0 unspecified atom stereocenters. The van der Waals surface area contributed by atoms with Crippen LogP contribution in [0.1, 0.15) is 10.6 Å². The summed E-state index contributed by atoms with van der Waals surface area (Å²) in [5, 5.41) is -0.622. The fourth-order valence-corrected chi connectivity index (χ4v) is 0.637. The minimum Gasteiger partial charge on any atom is -0.468 e. The van der Waals surface area contributed by atoms with Gasteiger partial charge in [0.05, 0.1) is 7.11 Å². The first-order chi connectivity index (χ1) is 4.74. The molecule has 0 spiro atoms. The van der Waals surface area contributed by atoms with Crippen molar-refractivity contribution in [3.8, 4) is 5.95 Å². The normalized spacial score (nSPS) is 9.40. The van der Waals surface area contributed by atoms with E-state index < -0.39 is 5.24 Å². The third-order valence-corrected chi connectivity index (χ3v) is 1.16. The van der Waals surface area contributed by atoms with E-state index in [1.807, 2.05) is 0 Å². The van der Waals surface area contributed by atoms with Crippen molar-refractivity contribution in [1.29, 1.82) is 0 Å². The molecule has 0 bridgehead atoms. The Morgan fingerprint density at radius 3 is 2.70 bits per heavy atom. The molecule has 1 rings (SSSR count). The van der Waals surface area contributed by atoms with Gasteiger partial charge in [0.25, 0.3) is 11.2 Å². The molecular formula is C6H5ClO3. The van der Waals surface area contributed by atoms with Gasteiger partial charge in [-0.1, -0.05) is 0 Å². The van der Waals surface area contributed by atoms with Crippen LogP contribution in [0.15, 0.2) is 16.5 Å². The predicted octanol–water partition coefficient (Wildman–Crippen LogP) is 1.67. The van der Waals surface area contributed by atoms with Gasteiger partial charge in [0, 0.05) is 6.07 Å². The smallest absolute Gasteiger partial charge is 0.287 e. The lowest BCUT2D eigenvalue weighted by Crippen LogP contribution is -1.82. The Bertz CT molecular complexity index is 241. The molecule has 0 aliphatic heterocycles. The van der Waals surface area contributed by atoms with Gasteiger partial charge in [0.15, 0.2) is 5.76 Å². The van der Waals surface area contributed by atoms with Crippen LogP contribution >= 0.6 is 11.6 Å². The van der Waals surface area contributed by atoms with Gasteiger partial charge in [-0.15, -0.1) is 0 Å². The molecule has 0 radical (unpaired) electrons. The molecule has 54 valence electrons. The van der Waals surface area contributed by atoms with E-state index in [-0.39, 0.29) is 11.7 Å². The number of rotatable bonds is 2. The first kappa shape index (κ1) is 7.15. The van der Waals surface area contributed by atoms with Crippen LogP contribution in [-0.4, -0.2) is 12.4 Å². The van der Waals surface area contributed by atoms with Crippen molar-refractivity contribution >= 4 is 16.8 Å². The zero-order chi connectivity index (χ0) is 7.56. The fourth-order valence-electron chi connectivity index (χ4n) is 0.535. The van der Waals surface area contributed by atoms with Gasteiger partial charge in [0.1, 0.15) is 0 Å². The number of hydrogen-bond acceptors (Lipinski definition) is 3. The van der Waals surface area contributed by atoms with E-state index in [1.165, 1.54) is 19.2 Å². The molecule has 0 atom stereocenters. The molecule has 0 fully saturated rings. The number of ether oxygens (including phenoxy) is 1. The lowest BCUT2D eigenvalue weighted by Gasteiger charge is -1.88. The maximum absolute atomic E-state index is 10.4. The summed E-state index contributed by atoms with van der Waals surface area (Å²) in [5.74, 6) is 0.377. The highest BCUT2D eigenvalue weighted by molar-refractivity contribution is 6.67. The summed E-state index contributed by atoms with van der Waals surface area (Å²) in [5.41, 5.74) is 0. The van der Waals surface area contributed by atoms with Crippen molar-refractivity contribution in [2.45, 2.75) is 0 Å². The van der Waals surface area contributed by atoms with Gasteiger partial charge in [-0.05, 0) is 17.7 Å². The molecule has 0 saturated carbocycles. The van der Waals surface area contributed by atoms with Crippen LogP contribution in [0, 0.1) is 0 Å². The monoisotopic (exact) mass is 160 g/mol. The number of halogens is 1. The summed E-state index contributed by atoms with van der Waals surface area (Å²) in [6.07, 6.45) is 0. The number of hydrogen-bond donors (Lipinski definition) is 0. The third kappa shape index (κ3) is 1.30. The number of furan rings is 1. The van der Waals surface area contributed by atoms with Crippen molar-refractivity contribution in [3.05, 3.63) is 17.9 Å². The Morgan fingerprint density at radius 1 is 1.70 bits per heavy atom. The van der Waals surface area contributed by atoms with Crippen LogP contribution in [0.5, 0.6) is 5.95 Å². The Morgan fingerprint density at radius 2 is 2.40 bits per heavy atom. The zero-order valence-corrected chi connectivity index (χ0v) is 6.01. The van der Waals surface area contributed by atoms with Crippen molar-refractivity contribution in [2.75, 3.05) is 7.11 Å². The molecule has 0 N–H and O–H groups in total. The molecule has 0 saturated heterocycles. The van der Waals surface area contributed by atoms with E-state index in [4.69, 9.17) is 16.0 Å². The maximum Gasteiger partial charge on any atom is 0.287 e. The quantitative estimate of drug-likeness (QED) is 0.618. The average molecular weight is 161 g/mol. The van der Waals surface area contributed by atoms with E-state index in [1.54, 1.807) is 0 Å². The molecule has 0 aromatic carbocycles. The van der Waals surface area contributed by atoms with Gasteiger partial charge in [-0.25, -0.2) is 0 Å². The van der Waals surface area contributed by atoms with E-state index >= 15 is 0 Å². The minimum atomic E-state index is -0.622. The van der Waals surface area contributed by atoms with Crippen LogP contribution in [0.2, 0.25) is 0 Å². The van der Waals surface area contributed by atoms with E-state index in [2.05, 4.69) is 4.74 Å². The zero-order valence-electron chi connectivity index (χ0n) is 5.26. The van der Waals surface area contributed by atoms with Gasteiger partial charge < -0.3 is 9.15 Å². The molecule has 1 heterocycles.